The topological polar surface area (TPSA) is 47.9 Å². The maximum atomic E-state index is 9.38. The van der Waals surface area contributed by atoms with Crippen LogP contribution in [0.3, 0.4) is 0 Å². The summed E-state index contributed by atoms with van der Waals surface area (Å²) in [6, 6.07) is 10.4. The highest BCUT2D eigenvalue weighted by Gasteiger charge is 2.09. The van der Waals surface area contributed by atoms with Gasteiger partial charge in [-0.05, 0) is 51.0 Å². The maximum absolute atomic E-state index is 9.38. The van der Waals surface area contributed by atoms with Gasteiger partial charge in [0, 0.05) is 12.1 Å². The zero-order valence-corrected chi connectivity index (χ0v) is 15.8. The first-order chi connectivity index (χ1) is 12.0. The lowest BCUT2D eigenvalue weighted by molar-refractivity contribution is 0.241. The number of benzene rings is 2. The number of phenolic OH excluding ortho intramolecular Hbond substituents is 1. The van der Waals surface area contributed by atoms with Gasteiger partial charge in [-0.1, -0.05) is 23.2 Å². The minimum Gasteiger partial charge on any atom is -0.508 e. The standard InChI is InChI=1S/C19H22Cl2O4/c1-13(2)25-16-7-5-15(6-8-16)23-9-3-4-10-24-19-17(20)11-14(22)12-18(19)21/h5-8,11-13,22H,3-4,9-10H2,1-2H3. The quantitative estimate of drug-likeness (QED) is 0.561. The lowest BCUT2D eigenvalue weighted by Gasteiger charge is -2.12. The molecule has 0 saturated carbocycles. The fourth-order valence-electron chi connectivity index (χ4n) is 2.14. The maximum Gasteiger partial charge on any atom is 0.156 e. The molecule has 2 aromatic rings. The Kier molecular flexibility index (Phi) is 7.53. The van der Waals surface area contributed by atoms with Gasteiger partial charge in [0.15, 0.2) is 5.75 Å². The van der Waals surface area contributed by atoms with Crippen molar-refractivity contribution in [2.24, 2.45) is 0 Å². The molecule has 2 rings (SSSR count). The van der Waals surface area contributed by atoms with E-state index in [0.717, 1.165) is 24.3 Å². The number of phenols is 1. The third kappa shape index (κ3) is 6.56. The van der Waals surface area contributed by atoms with Gasteiger partial charge < -0.3 is 19.3 Å². The molecular formula is C19H22Cl2O4. The third-order valence-corrected chi connectivity index (χ3v) is 3.79. The molecular weight excluding hydrogens is 363 g/mol. The second-order valence-electron chi connectivity index (χ2n) is 5.78. The van der Waals surface area contributed by atoms with E-state index in [1.54, 1.807) is 0 Å². The smallest absolute Gasteiger partial charge is 0.156 e. The van der Waals surface area contributed by atoms with Crippen LogP contribution in [0.1, 0.15) is 26.7 Å². The molecule has 0 spiro atoms. The number of aromatic hydroxyl groups is 1. The molecule has 4 nitrogen and oxygen atoms in total. The fraction of sp³-hybridized carbons (Fsp3) is 0.368. The van der Waals surface area contributed by atoms with Crippen LogP contribution in [0.4, 0.5) is 0 Å². The molecule has 0 unspecified atom stereocenters. The molecule has 0 aliphatic carbocycles. The molecule has 0 aromatic heterocycles. The Balaban J connectivity index is 1.67. The molecule has 0 atom stereocenters. The van der Waals surface area contributed by atoms with Crippen molar-refractivity contribution in [2.45, 2.75) is 32.8 Å². The van der Waals surface area contributed by atoms with Crippen LogP contribution < -0.4 is 14.2 Å². The van der Waals surface area contributed by atoms with Gasteiger partial charge in [0.1, 0.15) is 17.2 Å². The van der Waals surface area contributed by atoms with Crippen molar-refractivity contribution in [2.75, 3.05) is 13.2 Å². The molecule has 2 aromatic carbocycles. The van der Waals surface area contributed by atoms with Crippen molar-refractivity contribution < 1.29 is 19.3 Å². The Labute approximate surface area is 158 Å². The molecule has 0 aliphatic rings. The highest BCUT2D eigenvalue weighted by atomic mass is 35.5. The first-order valence-electron chi connectivity index (χ1n) is 8.16. The second kappa shape index (κ2) is 9.64. The van der Waals surface area contributed by atoms with Crippen LogP contribution in [-0.2, 0) is 0 Å². The van der Waals surface area contributed by atoms with E-state index in [1.807, 2.05) is 38.1 Å². The van der Waals surface area contributed by atoms with Crippen molar-refractivity contribution in [3.8, 4) is 23.0 Å². The minimum absolute atomic E-state index is 0.0144. The van der Waals surface area contributed by atoms with Gasteiger partial charge in [0.25, 0.3) is 0 Å². The Hall–Kier alpha value is -1.78. The highest BCUT2D eigenvalue weighted by Crippen LogP contribution is 2.36. The van der Waals surface area contributed by atoms with Gasteiger partial charge in [-0.15, -0.1) is 0 Å². The second-order valence-corrected chi connectivity index (χ2v) is 6.59. The summed E-state index contributed by atoms with van der Waals surface area (Å²) >= 11 is 12.0. The van der Waals surface area contributed by atoms with Crippen molar-refractivity contribution in [1.29, 1.82) is 0 Å². The van der Waals surface area contributed by atoms with Crippen LogP contribution in [0.15, 0.2) is 36.4 Å². The van der Waals surface area contributed by atoms with E-state index in [4.69, 9.17) is 37.4 Å². The van der Waals surface area contributed by atoms with Crippen molar-refractivity contribution >= 4 is 23.2 Å². The molecule has 0 bridgehead atoms. The Morgan fingerprint density at radius 1 is 0.880 bits per heavy atom. The SMILES string of the molecule is CC(C)Oc1ccc(OCCCCOc2c(Cl)cc(O)cc2Cl)cc1. The van der Waals surface area contributed by atoms with E-state index in [2.05, 4.69) is 0 Å². The van der Waals surface area contributed by atoms with Crippen molar-refractivity contribution in [3.63, 3.8) is 0 Å². The molecule has 0 fully saturated rings. The lowest BCUT2D eigenvalue weighted by Crippen LogP contribution is -2.05. The van der Waals surface area contributed by atoms with E-state index in [-0.39, 0.29) is 11.9 Å². The molecule has 0 heterocycles. The molecule has 6 heteroatoms. The first kappa shape index (κ1) is 19.5. The number of unbranched alkanes of at least 4 members (excludes halogenated alkanes) is 1. The van der Waals surface area contributed by atoms with Gasteiger partial charge in [-0.25, -0.2) is 0 Å². The van der Waals surface area contributed by atoms with Gasteiger partial charge in [-0.2, -0.15) is 0 Å². The van der Waals surface area contributed by atoms with Crippen LogP contribution >= 0.6 is 23.2 Å². The zero-order chi connectivity index (χ0) is 18.2. The molecule has 25 heavy (non-hydrogen) atoms. The molecule has 0 saturated heterocycles. The number of rotatable bonds is 9. The number of hydrogen-bond donors (Lipinski definition) is 1. The fourth-order valence-corrected chi connectivity index (χ4v) is 2.72. The average Bonchev–Trinajstić information content (AvgIpc) is 2.53. The van der Waals surface area contributed by atoms with E-state index in [9.17, 15) is 5.11 Å². The average molecular weight is 385 g/mol. The summed E-state index contributed by atoms with van der Waals surface area (Å²) in [5, 5.41) is 9.97. The summed E-state index contributed by atoms with van der Waals surface area (Å²) in [6.07, 6.45) is 1.78. The largest absolute Gasteiger partial charge is 0.508 e. The number of ether oxygens (including phenoxy) is 3. The van der Waals surface area contributed by atoms with E-state index >= 15 is 0 Å². The minimum atomic E-state index is 0.0144. The Bertz CT molecular complexity index is 649. The van der Waals surface area contributed by atoms with Crippen LogP contribution in [0.2, 0.25) is 10.0 Å². The zero-order valence-electron chi connectivity index (χ0n) is 14.3. The summed E-state index contributed by atoms with van der Waals surface area (Å²) in [6.45, 7) is 5.04. The Morgan fingerprint density at radius 2 is 1.40 bits per heavy atom. The summed E-state index contributed by atoms with van der Waals surface area (Å²) in [7, 11) is 0. The van der Waals surface area contributed by atoms with E-state index in [0.29, 0.717) is 29.0 Å². The third-order valence-electron chi connectivity index (χ3n) is 3.23. The molecule has 1 N–H and O–H groups in total. The summed E-state index contributed by atoms with van der Waals surface area (Å²) in [4.78, 5) is 0. The van der Waals surface area contributed by atoms with E-state index < -0.39 is 0 Å². The number of hydrogen-bond acceptors (Lipinski definition) is 4. The monoisotopic (exact) mass is 384 g/mol. The predicted molar refractivity (Wildman–Crippen MR) is 101 cm³/mol. The van der Waals surface area contributed by atoms with Crippen molar-refractivity contribution in [1.82, 2.24) is 0 Å². The summed E-state index contributed by atoms with van der Waals surface area (Å²) < 4.78 is 16.9. The van der Waals surface area contributed by atoms with E-state index in [1.165, 1.54) is 12.1 Å². The summed E-state index contributed by atoms with van der Waals surface area (Å²) in [5.74, 6) is 2.04. The number of halogens is 2. The van der Waals surface area contributed by atoms with Gasteiger partial charge in [0.05, 0.1) is 29.4 Å². The van der Waals surface area contributed by atoms with Gasteiger partial charge in [0.2, 0.25) is 0 Å². The highest BCUT2D eigenvalue weighted by molar-refractivity contribution is 6.37. The molecule has 0 amide bonds. The first-order valence-corrected chi connectivity index (χ1v) is 8.91. The normalized spacial score (nSPS) is 10.8. The van der Waals surface area contributed by atoms with Gasteiger partial charge in [-0.3, -0.25) is 0 Å². The molecule has 136 valence electrons. The Morgan fingerprint density at radius 3 is 1.96 bits per heavy atom. The lowest BCUT2D eigenvalue weighted by atomic mass is 10.3. The van der Waals surface area contributed by atoms with Crippen LogP contribution in [0, 0.1) is 0 Å². The van der Waals surface area contributed by atoms with Crippen LogP contribution in [0.5, 0.6) is 23.0 Å². The summed E-state index contributed by atoms with van der Waals surface area (Å²) in [5.41, 5.74) is 0. The van der Waals surface area contributed by atoms with Crippen molar-refractivity contribution in [3.05, 3.63) is 46.4 Å². The van der Waals surface area contributed by atoms with Crippen LogP contribution in [-0.4, -0.2) is 24.4 Å². The van der Waals surface area contributed by atoms with Crippen LogP contribution in [0.25, 0.3) is 0 Å². The molecule has 0 radical (unpaired) electrons. The predicted octanol–water partition coefficient (Wildman–Crippen LogP) is 5.72. The molecule has 0 aliphatic heterocycles. The van der Waals surface area contributed by atoms with Gasteiger partial charge >= 0.3 is 0 Å².